The van der Waals surface area contributed by atoms with E-state index >= 15 is 4.39 Å². The number of amides is 4. The van der Waals surface area contributed by atoms with Gasteiger partial charge in [0.25, 0.3) is 5.91 Å². The number of hydrogen-bond acceptors (Lipinski definition) is 11. The molecule has 3 fully saturated rings. The normalized spacial score (nSPS) is 19.2. The number of rotatable bonds is 11. The number of alkyl halides is 3. The number of piperazine rings is 1. The standard InChI is InChI=1S/C39H38F4N8O6S/c1-38(2)36(55)50(23-5-9-29(44-3)27(19-23)39(41,42)43)37(58)51(38)24-6-10-30(28(40)20-24)56-17-16-48-12-14-49(15-13-48)21-33(53)45-22-4-7-25-31(18-22)57-47-34(25)26-8-11-32(52)46-35(26)54/h4-7,9-10,18-20,26H,3,8,11-17,21H2,1-2H3,(H,45,53)(H,46,52,54). The highest BCUT2D eigenvalue weighted by atomic mass is 32.1. The van der Waals surface area contributed by atoms with Gasteiger partial charge in [-0.3, -0.25) is 44.2 Å². The van der Waals surface area contributed by atoms with Gasteiger partial charge < -0.3 is 19.5 Å². The van der Waals surface area contributed by atoms with E-state index in [-0.39, 0.29) is 53.6 Å². The number of piperidine rings is 1. The van der Waals surface area contributed by atoms with E-state index in [2.05, 4.69) is 32.4 Å². The third kappa shape index (κ3) is 8.01. The lowest BCUT2D eigenvalue weighted by molar-refractivity contribution is -0.137. The third-order valence-electron chi connectivity index (χ3n) is 10.4. The highest BCUT2D eigenvalue weighted by Gasteiger charge is 2.51. The second-order valence-corrected chi connectivity index (χ2v) is 15.0. The van der Waals surface area contributed by atoms with Crippen LogP contribution in [-0.4, -0.2) is 102 Å². The molecule has 3 aromatic carbocycles. The van der Waals surface area contributed by atoms with E-state index in [0.29, 0.717) is 61.5 Å². The quantitative estimate of drug-likeness (QED) is 0.0867. The van der Waals surface area contributed by atoms with Crippen LogP contribution in [0.4, 0.5) is 40.3 Å². The summed E-state index contributed by atoms with van der Waals surface area (Å²) >= 11 is 5.58. The molecule has 4 heterocycles. The van der Waals surface area contributed by atoms with Crippen LogP contribution in [0, 0.1) is 5.82 Å². The van der Waals surface area contributed by atoms with Crippen molar-refractivity contribution < 1.29 is 46.0 Å². The van der Waals surface area contributed by atoms with E-state index in [9.17, 15) is 32.3 Å². The number of halogens is 4. The summed E-state index contributed by atoms with van der Waals surface area (Å²) in [4.78, 5) is 60.2. The third-order valence-corrected chi connectivity index (χ3v) is 10.8. The van der Waals surface area contributed by atoms with Crippen LogP contribution in [0.25, 0.3) is 11.0 Å². The first-order valence-electron chi connectivity index (χ1n) is 18.3. The van der Waals surface area contributed by atoms with Gasteiger partial charge in [0.15, 0.2) is 22.3 Å². The average molecular weight is 823 g/mol. The van der Waals surface area contributed by atoms with E-state index < -0.39 is 46.5 Å². The second-order valence-electron chi connectivity index (χ2n) is 14.6. The van der Waals surface area contributed by atoms with E-state index in [1.807, 2.05) is 4.90 Å². The zero-order chi connectivity index (χ0) is 41.5. The second kappa shape index (κ2) is 15.9. The van der Waals surface area contributed by atoms with Crippen molar-refractivity contribution >= 4 is 81.4 Å². The number of nitrogens with one attached hydrogen (secondary N) is 2. The van der Waals surface area contributed by atoms with Crippen molar-refractivity contribution in [3.8, 4) is 5.75 Å². The van der Waals surface area contributed by atoms with Gasteiger partial charge in [0.05, 0.1) is 29.4 Å². The van der Waals surface area contributed by atoms with Crippen molar-refractivity contribution in [3.05, 3.63) is 71.7 Å². The summed E-state index contributed by atoms with van der Waals surface area (Å²) in [5, 5.41) is 9.77. The van der Waals surface area contributed by atoms with Gasteiger partial charge >= 0.3 is 6.18 Å². The summed E-state index contributed by atoms with van der Waals surface area (Å²) in [5.74, 6) is -2.87. The Labute approximate surface area is 334 Å². The summed E-state index contributed by atoms with van der Waals surface area (Å²) < 4.78 is 67.9. The molecule has 7 rings (SSSR count). The van der Waals surface area contributed by atoms with Gasteiger partial charge in [-0.15, -0.1) is 0 Å². The molecule has 304 valence electrons. The molecule has 1 unspecified atom stereocenters. The number of hydrogen-bond donors (Lipinski definition) is 2. The van der Waals surface area contributed by atoms with Gasteiger partial charge in [-0.1, -0.05) is 5.16 Å². The van der Waals surface area contributed by atoms with E-state index in [1.54, 1.807) is 32.0 Å². The van der Waals surface area contributed by atoms with Crippen molar-refractivity contribution in [1.29, 1.82) is 0 Å². The van der Waals surface area contributed by atoms with Gasteiger partial charge in [0.1, 0.15) is 17.8 Å². The Balaban J connectivity index is 0.888. The van der Waals surface area contributed by atoms with Gasteiger partial charge in [-0.05, 0) is 81.7 Å². The first-order chi connectivity index (χ1) is 27.5. The molecule has 3 saturated heterocycles. The molecule has 14 nitrogen and oxygen atoms in total. The molecule has 3 aliphatic heterocycles. The minimum atomic E-state index is -4.76. The Kier molecular flexibility index (Phi) is 11.1. The van der Waals surface area contributed by atoms with Crippen molar-refractivity contribution in [1.82, 2.24) is 20.3 Å². The molecule has 1 aromatic heterocycles. The fourth-order valence-electron chi connectivity index (χ4n) is 7.33. The fraction of sp³-hybridized carbons (Fsp3) is 0.359. The summed E-state index contributed by atoms with van der Waals surface area (Å²) in [6.45, 7) is 9.62. The molecule has 58 heavy (non-hydrogen) atoms. The Morgan fingerprint density at radius 3 is 2.47 bits per heavy atom. The van der Waals surface area contributed by atoms with Crippen LogP contribution in [0.2, 0.25) is 0 Å². The van der Waals surface area contributed by atoms with E-state index in [4.69, 9.17) is 21.5 Å². The molecular formula is C39H38F4N8O6S. The Morgan fingerprint density at radius 1 is 1.05 bits per heavy atom. The van der Waals surface area contributed by atoms with Crippen LogP contribution in [0.3, 0.4) is 0 Å². The first kappa shape index (κ1) is 40.4. The van der Waals surface area contributed by atoms with Crippen LogP contribution < -0.4 is 25.2 Å². The summed E-state index contributed by atoms with van der Waals surface area (Å²) in [6.07, 6.45) is -4.20. The van der Waals surface area contributed by atoms with Gasteiger partial charge in [0, 0.05) is 68.0 Å². The monoisotopic (exact) mass is 822 g/mol. The lowest BCUT2D eigenvalue weighted by atomic mass is 9.93. The highest BCUT2D eigenvalue weighted by molar-refractivity contribution is 7.81. The maximum absolute atomic E-state index is 15.4. The number of aliphatic imine (C=N–C) groups is 1. The molecular weight excluding hydrogens is 785 g/mol. The Hall–Kier alpha value is -5.79. The number of carbonyl (C=O) groups is 4. The molecule has 19 heteroatoms. The SMILES string of the molecule is C=Nc1ccc(N2C(=O)C(C)(C)N(c3ccc(OCCN4CCN(CC(=O)Nc5ccc6c(C7CCC(=O)NC7=O)noc6c5)CC4)c(F)c3)C2=S)cc1C(F)(F)F. The van der Waals surface area contributed by atoms with Crippen molar-refractivity contribution in [2.45, 2.75) is 44.3 Å². The summed E-state index contributed by atoms with van der Waals surface area (Å²) in [7, 11) is 0. The number of thiocarbonyl (C=S) groups is 1. The summed E-state index contributed by atoms with van der Waals surface area (Å²) in [6, 6.07) is 12.4. The largest absolute Gasteiger partial charge is 0.489 e. The van der Waals surface area contributed by atoms with Gasteiger partial charge in [0.2, 0.25) is 17.7 Å². The number of anilines is 3. The highest BCUT2D eigenvalue weighted by Crippen LogP contribution is 2.42. The molecule has 0 aliphatic carbocycles. The molecule has 1 atom stereocenters. The lowest BCUT2D eigenvalue weighted by Crippen LogP contribution is -2.49. The van der Waals surface area contributed by atoms with Crippen molar-refractivity contribution in [3.63, 3.8) is 0 Å². The fourth-order valence-corrected chi connectivity index (χ4v) is 7.85. The Bertz CT molecular complexity index is 2330. The minimum absolute atomic E-state index is 0.0248. The van der Waals surface area contributed by atoms with Gasteiger partial charge in [-0.25, -0.2) is 4.39 Å². The zero-order valence-corrected chi connectivity index (χ0v) is 32.2. The molecule has 4 amide bonds. The maximum atomic E-state index is 15.4. The molecule has 2 N–H and O–H groups in total. The average Bonchev–Trinajstić information content (AvgIpc) is 3.66. The predicted octanol–water partition coefficient (Wildman–Crippen LogP) is 5.39. The molecule has 0 radical (unpaired) electrons. The number of aromatic nitrogens is 1. The Morgan fingerprint density at radius 2 is 1.78 bits per heavy atom. The topological polar surface area (TPSA) is 153 Å². The zero-order valence-electron chi connectivity index (χ0n) is 31.4. The van der Waals surface area contributed by atoms with Crippen molar-refractivity contribution in [2.75, 3.05) is 61.0 Å². The van der Waals surface area contributed by atoms with E-state index in [0.717, 1.165) is 23.1 Å². The number of benzene rings is 3. The van der Waals surface area contributed by atoms with Crippen LogP contribution in [-0.2, 0) is 25.4 Å². The molecule has 0 spiro atoms. The summed E-state index contributed by atoms with van der Waals surface area (Å²) in [5.41, 5.74) is -1.35. The molecule has 0 saturated carbocycles. The van der Waals surface area contributed by atoms with Crippen LogP contribution in [0.5, 0.6) is 5.75 Å². The van der Waals surface area contributed by atoms with E-state index in [1.165, 1.54) is 23.1 Å². The van der Waals surface area contributed by atoms with Crippen LogP contribution in [0.15, 0.2) is 64.1 Å². The van der Waals surface area contributed by atoms with Crippen molar-refractivity contribution in [2.24, 2.45) is 4.99 Å². The number of nitrogens with zero attached hydrogens (tertiary/aromatic N) is 6. The van der Waals surface area contributed by atoms with Crippen LogP contribution in [0.1, 0.15) is 43.9 Å². The van der Waals surface area contributed by atoms with Gasteiger partial charge in [-0.2, -0.15) is 13.2 Å². The maximum Gasteiger partial charge on any atom is 0.418 e. The lowest BCUT2D eigenvalue weighted by Gasteiger charge is -2.34. The number of fused-ring (bicyclic) bond motifs is 1. The molecule has 3 aliphatic rings. The number of carbonyl (C=O) groups excluding carboxylic acids is 4. The number of imide groups is 1. The smallest absolute Gasteiger partial charge is 0.418 e. The molecule has 0 bridgehead atoms. The minimum Gasteiger partial charge on any atom is -0.489 e. The first-order valence-corrected chi connectivity index (χ1v) is 18.7. The van der Waals surface area contributed by atoms with Crippen LogP contribution >= 0.6 is 12.2 Å². The molecule has 4 aromatic rings. The predicted molar refractivity (Wildman–Crippen MR) is 210 cm³/mol. The number of ether oxygens (including phenoxy) is 1.